The molecule has 3 nitrogen and oxygen atoms in total. The molecule has 1 saturated carbocycles. The SMILES string of the molecule is CCCN1CCCc2cc(CN(C(=S)Nc3ccc(C)cc3C)[C@H]3CCCC[C@@H]3C)ccc21. The van der Waals surface area contributed by atoms with Crippen molar-refractivity contribution in [1.82, 2.24) is 4.90 Å². The summed E-state index contributed by atoms with van der Waals surface area (Å²) in [6, 6.07) is 14.2. The van der Waals surface area contributed by atoms with Gasteiger partial charge in [0.2, 0.25) is 0 Å². The van der Waals surface area contributed by atoms with E-state index in [9.17, 15) is 0 Å². The van der Waals surface area contributed by atoms with Crippen molar-refractivity contribution in [2.24, 2.45) is 5.92 Å². The lowest BCUT2D eigenvalue weighted by molar-refractivity contribution is 0.177. The van der Waals surface area contributed by atoms with E-state index in [1.807, 2.05) is 0 Å². The minimum atomic E-state index is 0.497. The third-order valence-corrected chi connectivity index (χ3v) is 7.89. The van der Waals surface area contributed by atoms with Gasteiger partial charge in [0.25, 0.3) is 0 Å². The Balaban J connectivity index is 1.58. The van der Waals surface area contributed by atoms with Crippen LogP contribution in [0.4, 0.5) is 11.4 Å². The molecule has 2 aliphatic rings. The standard InChI is InChI=1S/C29H41N3S/c1-5-16-31-17-8-10-25-19-24(13-15-28(25)31)20-32(27-11-7-6-9-22(27)3)29(33)30-26-14-12-21(2)18-23(26)4/h12-15,18-19,22,27H,5-11,16-17,20H2,1-4H3,(H,30,33)/t22-,27-/m0/s1. The van der Waals surface area contributed by atoms with Crippen LogP contribution in [-0.2, 0) is 13.0 Å². The molecule has 0 radical (unpaired) electrons. The highest BCUT2D eigenvalue weighted by atomic mass is 32.1. The topological polar surface area (TPSA) is 18.5 Å². The van der Waals surface area contributed by atoms with E-state index >= 15 is 0 Å². The molecule has 0 amide bonds. The average molecular weight is 464 g/mol. The molecule has 1 fully saturated rings. The lowest BCUT2D eigenvalue weighted by Crippen LogP contribution is -2.46. The molecule has 178 valence electrons. The molecule has 4 heteroatoms. The summed E-state index contributed by atoms with van der Waals surface area (Å²) in [6.45, 7) is 12.2. The number of aryl methyl sites for hydroxylation is 3. The molecule has 1 aliphatic heterocycles. The van der Waals surface area contributed by atoms with Gasteiger partial charge in [0.1, 0.15) is 0 Å². The number of rotatable bonds is 6. The fraction of sp³-hybridized carbons (Fsp3) is 0.552. The maximum atomic E-state index is 6.06. The Bertz CT molecular complexity index is 969. The first kappa shape index (κ1) is 24.1. The van der Waals surface area contributed by atoms with Crippen molar-refractivity contribution in [3.63, 3.8) is 0 Å². The van der Waals surface area contributed by atoms with Gasteiger partial charge in [-0.25, -0.2) is 0 Å². The fourth-order valence-corrected chi connectivity index (χ4v) is 6.08. The van der Waals surface area contributed by atoms with Gasteiger partial charge in [-0.15, -0.1) is 0 Å². The molecule has 2 aromatic carbocycles. The summed E-state index contributed by atoms with van der Waals surface area (Å²) < 4.78 is 0. The maximum Gasteiger partial charge on any atom is 0.173 e. The number of nitrogens with one attached hydrogen (secondary N) is 1. The molecule has 2 aromatic rings. The first-order chi connectivity index (χ1) is 16.0. The number of benzene rings is 2. The van der Waals surface area contributed by atoms with Gasteiger partial charge >= 0.3 is 0 Å². The van der Waals surface area contributed by atoms with Gasteiger partial charge in [-0.3, -0.25) is 0 Å². The molecule has 0 saturated heterocycles. The van der Waals surface area contributed by atoms with Crippen LogP contribution in [0, 0.1) is 19.8 Å². The summed E-state index contributed by atoms with van der Waals surface area (Å²) in [6.07, 6.45) is 8.81. The molecule has 1 aliphatic carbocycles. The Kier molecular flexibility index (Phi) is 7.95. The molecule has 2 atom stereocenters. The molecule has 0 spiro atoms. The minimum Gasteiger partial charge on any atom is -0.371 e. The summed E-state index contributed by atoms with van der Waals surface area (Å²) in [5.41, 5.74) is 8.00. The third kappa shape index (κ3) is 5.71. The van der Waals surface area contributed by atoms with Crippen LogP contribution < -0.4 is 10.2 Å². The fourth-order valence-electron chi connectivity index (χ4n) is 5.77. The maximum absolute atomic E-state index is 6.06. The Hall–Kier alpha value is -2.07. The zero-order valence-electron chi connectivity index (χ0n) is 21.0. The van der Waals surface area contributed by atoms with E-state index in [0.717, 1.165) is 23.9 Å². The normalized spacial score (nSPS) is 20.3. The van der Waals surface area contributed by atoms with Gasteiger partial charge in [-0.1, -0.05) is 56.5 Å². The molecular weight excluding hydrogens is 422 g/mol. The van der Waals surface area contributed by atoms with Crippen LogP contribution in [0.25, 0.3) is 0 Å². The monoisotopic (exact) mass is 463 g/mol. The van der Waals surface area contributed by atoms with Gasteiger partial charge in [-0.05, 0) is 92.9 Å². The van der Waals surface area contributed by atoms with Crippen molar-refractivity contribution in [3.8, 4) is 0 Å². The second kappa shape index (κ2) is 10.9. The summed E-state index contributed by atoms with van der Waals surface area (Å²) in [5, 5.41) is 4.48. The third-order valence-electron chi connectivity index (χ3n) is 7.56. The predicted octanol–water partition coefficient (Wildman–Crippen LogP) is 7.24. The van der Waals surface area contributed by atoms with Crippen molar-refractivity contribution in [2.45, 2.75) is 85.2 Å². The predicted molar refractivity (Wildman–Crippen MR) is 146 cm³/mol. The molecule has 0 aromatic heterocycles. The molecule has 1 heterocycles. The van der Waals surface area contributed by atoms with Crippen LogP contribution in [0.5, 0.6) is 0 Å². The van der Waals surface area contributed by atoms with Crippen LogP contribution >= 0.6 is 12.2 Å². The Morgan fingerprint density at radius 3 is 2.67 bits per heavy atom. The van der Waals surface area contributed by atoms with Crippen molar-refractivity contribution >= 4 is 28.7 Å². The van der Waals surface area contributed by atoms with Crippen molar-refractivity contribution in [2.75, 3.05) is 23.3 Å². The summed E-state index contributed by atoms with van der Waals surface area (Å²) in [7, 11) is 0. The zero-order valence-corrected chi connectivity index (χ0v) is 21.8. The van der Waals surface area contributed by atoms with Crippen LogP contribution in [0.1, 0.15) is 74.6 Å². The number of fused-ring (bicyclic) bond motifs is 1. The van der Waals surface area contributed by atoms with Crippen molar-refractivity contribution < 1.29 is 0 Å². The smallest absolute Gasteiger partial charge is 0.173 e. The van der Waals surface area contributed by atoms with E-state index in [1.165, 1.54) is 79.4 Å². The summed E-state index contributed by atoms with van der Waals surface area (Å²) in [4.78, 5) is 5.06. The van der Waals surface area contributed by atoms with E-state index in [4.69, 9.17) is 12.2 Å². The van der Waals surface area contributed by atoms with Gasteiger partial charge in [-0.2, -0.15) is 0 Å². The Morgan fingerprint density at radius 2 is 1.91 bits per heavy atom. The van der Waals surface area contributed by atoms with Crippen molar-refractivity contribution in [3.05, 3.63) is 58.7 Å². The quantitative estimate of drug-likeness (QED) is 0.455. The number of hydrogen-bond acceptors (Lipinski definition) is 2. The van der Waals surface area contributed by atoms with Gasteiger partial charge in [0, 0.05) is 37.1 Å². The number of thiocarbonyl (C=S) groups is 1. The van der Waals surface area contributed by atoms with Gasteiger partial charge < -0.3 is 15.1 Å². The van der Waals surface area contributed by atoms with E-state index in [0.29, 0.717) is 12.0 Å². The highest BCUT2D eigenvalue weighted by Gasteiger charge is 2.29. The number of anilines is 2. The minimum absolute atomic E-state index is 0.497. The van der Waals surface area contributed by atoms with E-state index < -0.39 is 0 Å². The van der Waals surface area contributed by atoms with Crippen LogP contribution in [0.3, 0.4) is 0 Å². The van der Waals surface area contributed by atoms with E-state index in [2.05, 4.69) is 79.2 Å². The molecule has 0 unspecified atom stereocenters. The summed E-state index contributed by atoms with van der Waals surface area (Å²) in [5.74, 6) is 0.662. The molecular formula is C29H41N3S. The Labute approximate surface area is 206 Å². The second-order valence-electron chi connectivity index (χ2n) is 10.3. The first-order valence-corrected chi connectivity index (χ1v) is 13.4. The molecule has 1 N–H and O–H groups in total. The zero-order chi connectivity index (χ0) is 23.4. The van der Waals surface area contributed by atoms with E-state index in [-0.39, 0.29) is 0 Å². The number of hydrogen-bond donors (Lipinski definition) is 1. The van der Waals surface area contributed by atoms with Crippen LogP contribution in [0.15, 0.2) is 36.4 Å². The first-order valence-electron chi connectivity index (χ1n) is 13.0. The largest absolute Gasteiger partial charge is 0.371 e. The highest BCUT2D eigenvalue weighted by molar-refractivity contribution is 7.80. The van der Waals surface area contributed by atoms with Crippen molar-refractivity contribution in [1.29, 1.82) is 0 Å². The highest BCUT2D eigenvalue weighted by Crippen LogP contribution is 2.32. The van der Waals surface area contributed by atoms with Gasteiger partial charge in [0.05, 0.1) is 0 Å². The molecule has 0 bridgehead atoms. The average Bonchev–Trinajstić information content (AvgIpc) is 2.80. The Morgan fingerprint density at radius 1 is 1.09 bits per heavy atom. The number of nitrogens with zero attached hydrogens (tertiary/aromatic N) is 2. The second-order valence-corrected chi connectivity index (χ2v) is 10.6. The van der Waals surface area contributed by atoms with Crippen LogP contribution in [0.2, 0.25) is 0 Å². The van der Waals surface area contributed by atoms with Gasteiger partial charge in [0.15, 0.2) is 5.11 Å². The lowest BCUT2D eigenvalue weighted by Gasteiger charge is -2.40. The van der Waals surface area contributed by atoms with Crippen LogP contribution in [-0.4, -0.2) is 29.1 Å². The molecule has 33 heavy (non-hydrogen) atoms. The lowest BCUT2D eigenvalue weighted by atomic mass is 9.84. The van der Waals surface area contributed by atoms with E-state index in [1.54, 1.807) is 0 Å². The summed E-state index contributed by atoms with van der Waals surface area (Å²) >= 11 is 6.06. The molecule has 4 rings (SSSR count).